The van der Waals surface area contributed by atoms with Gasteiger partial charge in [-0.2, -0.15) is 0 Å². The third-order valence-electron chi connectivity index (χ3n) is 3.10. The lowest BCUT2D eigenvalue weighted by atomic mass is 10.0. The lowest BCUT2D eigenvalue weighted by Crippen LogP contribution is -2.01. The van der Waals surface area contributed by atoms with Gasteiger partial charge in [0.05, 0.1) is 5.39 Å². The van der Waals surface area contributed by atoms with E-state index >= 15 is 0 Å². The fraction of sp³-hybridized carbons (Fsp3) is 0.133. The van der Waals surface area contributed by atoms with Gasteiger partial charge in [-0.3, -0.25) is 0 Å². The van der Waals surface area contributed by atoms with Gasteiger partial charge >= 0.3 is 5.63 Å². The molecule has 1 aromatic heterocycles. The first-order valence-electron chi connectivity index (χ1n) is 5.59. The molecule has 0 saturated heterocycles. The minimum Gasteiger partial charge on any atom is -0.422 e. The number of hydrogen-bond acceptors (Lipinski definition) is 2. The Labute approximate surface area is 98.5 Å². The van der Waals surface area contributed by atoms with Gasteiger partial charge in [0.1, 0.15) is 5.58 Å². The zero-order valence-corrected chi connectivity index (χ0v) is 9.78. The molecule has 0 atom stereocenters. The first kappa shape index (κ1) is 10.1. The van der Waals surface area contributed by atoms with E-state index < -0.39 is 0 Å². The Morgan fingerprint density at radius 1 is 1.00 bits per heavy atom. The summed E-state index contributed by atoms with van der Waals surface area (Å²) in [6.45, 7) is 3.97. The van der Waals surface area contributed by atoms with E-state index in [0.717, 1.165) is 21.9 Å². The molecule has 0 N–H and O–H groups in total. The maximum Gasteiger partial charge on any atom is 0.344 e. The summed E-state index contributed by atoms with van der Waals surface area (Å²) in [7, 11) is 0. The van der Waals surface area contributed by atoms with Gasteiger partial charge in [0.15, 0.2) is 0 Å². The number of fused-ring (bicyclic) bond motifs is 3. The molecule has 0 saturated carbocycles. The minimum absolute atomic E-state index is 0.255. The fourth-order valence-electron chi connectivity index (χ4n) is 2.26. The van der Waals surface area contributed by atoms with E-state index in [1.807, 2.05) is 44.2 Å². The summed E-state index contributed by atoms with van der Waals surface area (Å²) in [6.07, 6.45) is 0. The quantitative estimate of drug-likeness (QED) is 0.431. The largest absolute Gasteiger partial charge is 0.422 e. The molecule has 0 aliphatic heterocycles. The molecule has 0 radical (unpaired) electrons. The van der Waals surface area contributed by atoms with E-state index in [1.165, 1.54) is 0 Å². The summed E-state index contributed by atoms with van der Waals surface area (Å²) in [5.41, 5.74) is 2.52. The van der Waals surface area contributed by atoms with Gasteiger partial charge in [-0.1, -0.05) is 29.8 Å². The molecule has 1 heterocycles. The highest BCUT2D eigenvalue weighted by atomic mass is 16.4. The van der Waals surface area contributed by atoms with Crippen LogP contribution in [0.1, 0.15) is 11.1 Å². The van der Waals surface area contributed by atoms with E-state index in [-0.39, 0.29) is 5.63 Å². The van der Waals surface area contributed by atoms with Crippen LogP contribution in [0.5, 0.6) is 0 Å². The zero-order chi connectivity index (χ0) is 12.0. The molecular formula is C15H12O2. The van der Waals surface area contributed by atoms with Gasteiger partial charge in [0.25, 0.3) is 0 Å². The average Bonchev–Trinajstić information content (AvgIpc) is 2.30. The predicted octanol–water partition coefficient (Wildman–Crippen LogP) is 3.56. The Morgan fingerprint density at radius 3 is 2.65 bits per heavy atom. The first-order valence-corrected chi connectivity index (χ1v) is 5.59. The normalized spacial score (nSPS) is 11.2. The van der Waals surface area contributed by atoms with E-state index in [2.05, 4.69) is 6.07 Å². The lowest BCUT2D eigenvalue weighted by Gasteiger charge is -2.05. The molecule has 3 rings (SSSR count). The van der Waals surface area contributed by atoms with Crippen molar-refractivity contribution in [3.05, 3.63) is 57.9 Å². The molecule has 3 aromatic rings. The Kier molecular flexibility index (Phi) is 2.05. The summed E-state index contributed by atoms with van der Waals surface area (Å²) in [5.74, 6) is 0. The summed E-state index contributed by atoms with van der Waals surface area (Å²) in [5, 5.41) is 2.66. The Bertz CT molecular complexity index is 782. The van der Waals surface area contributed by atoms with Crippen LogP contribution >= 0.6 is 0 Å². The van der Waals surface area contributed by atoms with Crippen LogP contribution in [0.2, 0.25) is 0 Å². The monoisotopic (exact) mass is 224 g/mol. The highest BCUT2D eigenvalue weighted by Gasteiger charge is 2.08. The van der Waals surface area contributed by atoms with Crippen molar-refractivity contribution in [1.29, 1.82) is 0 Å². The van der Waals surface area contributed by atoms with E-state index in [9.17, 15) is 4.79 Å². The van der Waals surface area contributed by atoms with Crippen LogP contribution in [0, 0.1) is 13.8 Å². The molecule has 0 spiro atoms. The first-order chi connectivity index (χ1) is 8.16. The Hall–Kier alpha value is -2.09. The van der Waals surface area contributed by atoms with Crippen molar-refractivity contribution in [1.82, 2.24) is 0 Å². The Morgan fingerprint density at radius 2 is 1.82 bits per heavy atom. The van der Waals surface area contributed by atoms with Crippen molar-refractivity contribution in [3.63, 3.8) is 0 Å². The second-order valence-electron chi connectivity index (χ2n) is 4.39. The topological polar surface area (TPSA) is 30.2 Å². The average molecular weight is 224 g/mol. The molecule has 0 bridgehead atoms. The molecule has 2 aromatic carbocycles. The number of aryl methyl sites for hydroxylation is 2. The van der Waals surface area contributed by atoms with Gasteiger partial charge in [0, 0.05) is 10.8 Å². The summed E-state index contributed by atoms with van der Waals surface area (Å²) in [6, 6.07) is 11.7. The number of rotatable bonds is 0. The Balaban J connectivity index is 2.67. The van der Waals surface area contributed by atoms with E-state index in [1.54, 1.807) is 0 Å². The molecular weight excluding hydrogens is 212 g/mol. The van der Waals surface area contributed by atoms with Crippen LogP contribution in [-0.4, -0.2) is 0 Å². The second-order valence-corrected chi connectivity index (χ2v) is 4.39. The van der Waals surface area contributed by atoms with Gasteiger partial charge in [-0.05, 0) is 31.5 Å². The standard InChI is InChI=1S/C15H12O2/c1-9-6-7-13-12(8-9)11-5-3-4-10(2)14(11)15(16)17-13/h3-8H,1-2H3. The fourth-order valence-corrected chi connectivity index (χ4v) is 2.26. The molecule has 0 amide bonds. The lowest BCUT2D eigenvalue weighted by molar-refractivity contribution is 0.569. The maximum absolute atomic E-state index is 11.9. The van der Waals surface area contributed by atoms with Crippen molar-refractivity contribution in [2.24, 2.45) is 0 Å². The van der Waals surface area contributed by atoms with Gasteiger partial charge in [-0.25, -0.2) is 4.79 Å². The predicted molar refractivity (Wildman–Crippen MR) is 69.5 cm³/mol. The third kappa shape index (κ3) is 1.45. The van der Waals surface area contributed by atoms with Crippen molar-refractivity contribution in [2.45, 2.75) is 13.8 Å². The summed E-state index contributed by atoms with van der Waals surface area (Å²) in [4.78, 5) is 11.9. The van der Waals surface area contributed by atoms with Crippen molar-refractivity contribution in [3.8, 4) is 0 Å². The van der Waals surface area contributed by atoms with Crippen LogP contribution in [0.15, 0.2) is 45.6 Å². The third-order valence-corrected chi connectivity index (χ3v) is 3.10. The molecule has 17 heavy (non-hydrogen) atoms. The molecule has 0 fully saturated rings. The SMILES string of the molecule is Cc1ccc2oc(=O)c3c(C)cccc3c2c1. The van der Waals surface area contributed by atoms with Crippen molar-refractivity contribution >= 4 is 21.7 Å². The number of hydrogen-bond donors (Lipinski definition) is 0. The molecule has 0 aliphatic carbocycles. The van der Waals surface area contributed by atoms with Crippen LogP contribution in [0.4, 0.5) is 0 Å². The molecule has 0 unspecified atom stereocenters. The van der Waals surface area contributed by atoms with Crippen molar-refractivity contribution in [2.75, 3.05) is 0 Å². The smallest absolute Gasteiger partial charge is 0.344 e. The zero-order valence-electron chi connectivity index (χ0n) is 9.78. The highest BCUT2D eigenvalue weighted by molar-refractivity contribution is 6.05. The van der Waals surface area contributed by atoms with Crippen LogP contribution in [-0.2, 0) is 0 Å². The molecule has 0 aliphatic rings. The highest BCUT2D eigenvalue weighted by Crippen LogP contribution is 2.25. The van der Waals surface area contributed by atoms with Crippen LogP contribution in [0.25, 0.3) is 21.7 Å². The maximum atomic E-state index is 11.9. The molecule has 2 heteroatoms. The van der Waals surface area contributed by atoms with Gasteiger partial charge < -0.3 is 4.42 Å². The summed E-state index contributed by atoms with van der Waals surface area (Å²) >= 11 is 0. The second kappa shape index (κ2) is 3.45. The number of benzene rings is 2. The summed E-state index contributed by atoms with van der Waals surface area (Å²) < 4.78 is 5.36. The molecule has 2 nitrogen and oxygen atoms in total. The van der Waals surface area contributed by atoms with Gasteiger partial charge in [-0.15, -0.1) is 0 Å². The van der Waals surface area contributed by atoms with E-state index in [0.29, 0.717) is 11.0 Å². The van der Waals surface area contributed by atoms with Crippen LogP contribution in [0.3, 0.4) is 0 Å². The van der Waals surface area contributed by atoms with E-state index in [4.69, 9.17) is 4.42 Å². The van der Waals surface area contributed by atoms with Crippen LogP contribution < -0.4 is 5.63 Å². The molecule has 84 valence electrons. The van der Waals surface area contributed by atoms with Gasteiger partial charge in [0.2, 0.25) is 0 Å². The minimum atomic E-state index is -0.255. The van der Waals surface area contributed by atoms with Crippen molar-refractivity contribution < 1.29 is 4.42 Å².